The van der Waals surface area contributed by atoms with Gasteiger partial charge in [-0.3, -0.25) is 9.59 Å². The summed E-state index contributed by atoms with van der Waals surface area (Å²) in [6, 6.07) is 21.9. The molecule has 5 aromatic rings. The first kappa shape index (κ1) is 21.6. The van der Waals surface area contributed by atoms with E-state index in [0.29, 0.717) is 32.3 Å². The van der Waals surface area contributed by atoms with Crippen molar-refractivity contribution in [3.63, 3.8) is 0 Å². The lowest BCUT2D eigenvalue weighted by Crippen LogP contribution is -2.26. The van der Waals surface area contributed by atoms with Gasteiger partial charge in [-0.2, -0.15) is 4.52 Å². The summed E-state index contributed by atoms with van der Waals surface area (Å²) in [4.78, 5) is 30.9. The Hall–Kier alpha value is -4.24. The van der Waals surface area contributed by atoms with Crippen LogP contribution in [0.4, 0.5) is 10.8 Å². The van der Waals surface area contributed by atoms with Gasteiger partial charge in [0.25, 0.3) is 11.5 Å². The number of carbonyl (C=O) groups excluding carboxylic acids is 1. The highest BCUT2D eigenvalue weighted by molar-refractivity contribution is 7.20. The van der Waals surface area contributed by atoms with Crippen LogP contribution in [-0.4, -0.2) is 27.6 Å². The number of anilines is 2. The minimum Gasteiger partial charge on any atom is -0.495 e. The van der Waals surface area contributed by atoms with E-state index in [4.69, 9.17) is 4.74 Å². The molecule has 1 amide bonds. The summed E-state index contributed by atoms with van der Waals surface area (Å²) in [7, 11) is 1.59. The van der Waals surface area contributed by atoms with Gasteiger partial charge >= 0.3 is 0 Å². The van der Waals surface area contributed by atoms with Gasteiger partial charge in [-0.15, -0.1) is 5.10 Å². The molecule has 0 radical (unpaired) electrons. The Kier molecular flexibility index (Phi) is 5.69. The number of nitrogens with one attached hydrogen (secondary N) is 2. The van der Waals surface area contributed by atoms with Crippen LogP contribution in [0.1, 0.15) is 28.9 Å². The molecule has 8 nitrogen and oxygen atoms in total. The molecule has 170 valence electrons. The molecular weight excluding hydrogens is 450 g/mol. The van der Waals surface area contributed by atoms with Crippen LogP contribution in [-0.2, 0) is 0 Å². The molecule has 0 saturated carbocycles. The molecule has 34 heavy (non-hydrogen) atoms. The number of nitrogens with zero attached hydrogens (tertiary/aromatic N) is 3. The Morgan fingerprint density at radius 2 is 1.82 bits per heavy atom. The van der Waals surface area contributed by atoms with Crippen molar-refractivity contribution in [1.82, 2.24) is 19.9 Å². The molecule has 0 bridgehead atoms. The van der Waals surface area contributed by atoms with Gasteiger partial charge in [-0.05, 0) is 42.8 Å². The number of ether oxygens (including phenoxy) is 1. The van der Waals surface area contributed by atoms with Crippen LogP contribution in [0, 0.1) is 0 Å². The van der Waals surface area contributed by atoms with Gasteiger partial charge in [0.05, 0.1) is 29.7 Å². The van der Waals surface area contributed by atoms with Crippen LogP contribution in [0.3, 0.4) is 0 Å². The average molecular weight is 472 g/mol. The molecule has 0 unspecified atom stereocenters. The zero-order chi connectivity index (χ0) is 23.7. The summed E-state index contributed by atoms with van der Waals surface area (Å²) in [6.07, 6.45) is 0. The average Bonchev–Trinajstić information content (AvgIpc) is 3.27. The van der Waals surface area contributed by atoms with E-state index in [2.05, 4.69) is 20.7 Å². The molecule has 9 heteroatoms. The number of amides is 1. The molecule has 0 saturated heterocycles. The molecular formula is C25H21N5O3S. The van der Waals surface area contributed by atoms with Crippen molar-refractivity contribution in [3.8, 4) is 5.75 Å². The lowest BCUT2D eigenvalue weighted by molar-refractivity contribution is 0.0940. The first-order valence-corrected chi connectivity index (χ1v) is 11.4. The highest BCUT2D eigenvalue weighted by Gasteiger charge is 2.16. The molecule has 3 aromatic carbocycles. The topological polar surface area (TPSA) is 97.6 Å². The molecule has 0 spiro atoms. The van der Waals surface area contributed by atoms with Crippen molar-refractivity contribution in [3.05, 3.63) is 94.3 Å². The summed E-state index contributed by atoms with van der Waals surface area (Å²) in [6.45, 7) is 1.93. The monoisotopic (exact) mass is 471 g/mol. The van der Waals surface area contributed by atoms with E-state index in [-0.39, 0.29) is 17.5 Å². The largest absolute Gasteiger partial charge is 0.495 e. The van der Waals surface area contributed by atoms with Crippen molar-refractivity contribution in [2.45, 2.75) is 13.0 Å². The van der Waals surface area contributed by atoms with E-state index < -0.39 is 0 Å². The Morgan fingerprint density at radius 3 is 2.62 bits per heavy atom. The lowest BCUT2D eigenvalue weighted by atomic mass is 10.1. The number of methoxy groups -OCH3 is 1. The maximum Gasteiger partial charge on any atom is 0.283 e. The second-order valence-electron chi connectivity index (χ2n) is 7.68. The molecule has 1 atom stereocenters. The molecule has 2 N–H and O–H groups in total. The number of carbonyl (C=O) groups is 1. The van der Waals surface area contributed by atoms with E-state index in [1.807, 2.05) is 61.5 Å². The second kappa shape index (κ2) is 8.95. The highest BCUT2D eigenvalue weighted by Crippen LogP contribution is 2.29. The number of aromatic nitrogens is 3. The van der Waals surface area contributed by atoms with Gasteiger partial charge in [-0.25, -0.2) is 4.98 Å². The smallest absolute Gasteiger partial charge is 0.283 e. The number of hydrogen-bond donors (Lipinski definition) is 2. The van der Waals surface area contributed by atoms with Crippen molar-refractivity contribution in [2.24, 2.45) is 0 Å². The van der Waals surface area contributed by atoms with Gasteiger partial charge in [-0.1, -0.05) is 53.8 Å². The number of para-hydroxylation sites is 2. The summed E-state index contributed by atoms with van der Waals surface area (Å²) < 4.78 is 6.63. The summed E-state index contributed by atoms with van der Waals surface area (Å²) in [5.41, 5.74) is 2.32. The molecule has 5 rings (SSSR count). The van der Waals surface area contributed by atoms with E-state index >= 15 is 0 Å². The summed E-state index contributed by atoms with van der Waals surface area (Å²) in [5.74, 6) is 0.427. The third kappa shape index (κ3) is 4.08. The van der Waals surface area contributed by atoms with Gasteiger partial charge in [0.1, 0.15) is 5.75 Å². The Labute approximate surface area is 198 Å². The zero-order valence-electron chi connectivity index (χ0n) is 18.5. The highest BCUT2D eigenvalue weighted by atomic mass is 32.1. The third-order valence-electron chi connectivity index (χ3n) is 5.45. The van der Waals surface area contributed by atoms with Crippen molar-refractivity contribution >= 4 is 43.9 Å². The van der Waals surface area contributed by atoms with E-state index in [0.717, 1.165) is 11.3 Å². The molecule has 0 aliphatic heterocycles. The number of hydrogen-bond acceptors (Lipinski definition) is 7. The van der Waals surface area contributed by atoms with Gasteiger partial charge in [0.15, 0.2) is 0 Å². The van der Waals surface area contributed by atoms with Gasteiger partial charge in [0, 0.05) is 5.56 Å². The van der Waals surface area contributed by atoms with Crippen molar-refractivity contribution in [1.29, 1.82) is 0 Å². The number of benzene rings is 3. The maximum absolute atomic E-state index is 13.0. The van der Waals surface area contributed by atoms with Crippen LogP contribution in [0.15, 0.2) is 77.6 Å². The van der Waals surface area contributed by atoms with E-state index in [9.17, 15) is 9.59 Å². The second-order valence-corrected chi connectivity index (χ2v) is 8.64. The minimum absolute atomic E-state index is 0.157. The molecule has 2 heterocycles. The fourth-order valence-corrected chi connectivity index (χ4v) is 4.48. The van der Waals surface area contributed by atoms with Crippen molar-refractivity contribution < 1.29 is 9.53 Å². The number of fused-ring (bicyclic) bond motifs is 2. The third-order valence-corrected chi connectivity index (χ3v) is 6.28. The van der Waals surface area contributed by atoms with Crippen LogP contribution in [0.2, 0.25) is 0 Å². The predicted octanol–water partition coefficient (Wildman–Crippen LogP) is 4.55. The first-order chi connectivity index (χ1) is 16.5. The van der Waals surface area contributed by atoms with Crippen LogP contribution in [0.25, 0.3) is 15.9 Å². The minimum atomic E-state index is -0.297. The molecule has 2 aromatic heterocycles. The van der Waals surface area contributed by atoms with E-state index in [1.165, 1.54) is 15.9 Å². The predicted molar refractivity (Wildman–Crippen MR) is 133 cm³/mol. The quantitative estimate of drug-likeness (QED) is 0.377. The van der Waals surface area contributed by atoms with Crippen molar-refractivity contribution in [2.75, 3.05) is 12.4 Å². The maximum atomic E-state index is 13.0. The summed E-state index contributed by atoms with van der Waals surface area (Å²) in [5, 5.41) is 11.4. The standard InChI is InChI=1S/C25H21N5O3S/c1-15(16-8-4-3-5-9-16)26-22(31)17-12-13-18-20(14-17)28-25-30(23(18)32)29-24(34-25)27-19-10-6-7-11-21(19)33-2/h3-15H,1-2H3,(H,26,31)(H,27,29)/t15-/m1/s1. The zero-order valence-corrected chi connectivity index (χ0v) is 19.3. The van der Waals surface area contributed by atoms with Gasteiger partial charge < -0.3 is 15.4 Å². The van der Waals surface area contributed by atoms with Crippen LogP contribution in [0.5, 0.6) is 5.75 Å². The molecule has 0 aliphatic carbocycles. The molecule has 0 fully saturated rings. The lowest BCUT2D eigenvalue weighted by Gasteiger charge is -2.14. The normalized spacial score (nSPS) is 11.9. The first-order valence-electron chi connectivity index (χ1n) is 10.6. The molecule has 0 aliphatic rings. The summed E-state index contributed by atoms with van der Waals surface area (Å²) >= 11 is 1.24. The number of rotatable bonds is 6. The van der Waals surface area contributed by atoms with Crippen LogP contribution < -0.4 is 20.9 Å². The fraction of sp³-hybridized carbons (Fsp3) is 0.120. The van der Waals surface area contributed by atoms with Crippen LogP contribution >= 0.6 is 11.3 Å². The van der Waals surface area contributed by atoms with Gasteiger partial charge in [0.2, 0.25) is 10.1 Å². The SMILES string of the molecule is COc1ccccc1Nc1nn2c(=O)c3ccc(C(=O)N[C@H](C)c4ccccc4)cc3nc2s1. The Bertz CT molecular complexity index is 1560. The van der Waals surface area contributed by atoms with E-state index in [1.54, 1.807) is 25.3 Å². The Balaban J connectivity index is 1.46. The fourth-order valence-electron chi connectivity index (χ4n) is 3.67. The Morgan fingerprint density at radius 1 is 1.06 bits per heavy atom.